The second kappa shape index (κ2) is 4.88. The maximum Gasteiger partial charge on any atom is 0.260 e. The Hall–Kier alpha value is 0.290. The lowest BCUT2D eigenvalue weighted by Gasteiger charge is -2.15. The van der Waals surface area contributed by atoms with Gasteiger partial charge >= 0.3 is 0 Å². The second-order valence-electron chi connectivity index (χ2n) is 2.41. The molecule has 0 aliphatic rings. The molecule has 0 radical (unpaired) electrons. The van der Waals surface area contributed by atoms with Gasteiger partial charge in [0.25, 0.3) is 5.24 Å². The fraction of sp³-hybridized carbons (Fsp3) is 0.125. The van der Waals surface area contributed by atoms with Gasteiger partial charge in [0.15, 0.2) is 21.2 Å². The number of benzene rings is 1. The highest BCUT2D eigenvalue weighted by molar-refractivity contribution is 14.1. The molecule has 1 aromatic rings. The molecule has 2 nitrogen and oxygen atoms in total. The quantitative estimate of drug-likeness (QED) is 0.464. The van der Waals surface area contributed by atoms with E-state index in [9.17, 15) is 7.86 Å². The molecule has 76 valence electrons. The number of carbonyl (C=O) groups is 1. The van der Waals surface area contributed by atoms with Gasteiger partial charge in [0.2, 0.25) is 2.88 Å². The van der Waals surface area contributed by atoms with E-state index in [1.807, 2.05) is 0 Å². The number of halogens is 4. The molecular weight excluding hydrogens is 361 g/mol. The number of rotatable bonds is 3. The molecule has 14 heavy (non-hydrogen) atoms. The summed E-state index contributed by atoms with van der Waals surface area (Å²) in [4.78, 5) is 11.1. The van der Waals surface area contributed by atoms with Crippen LogP contribution in [0.5, 0.6) is 0 Å². The van der Waals surface area contributed by atoms with Crippen molar-refractivity contribution in [3.8, 4) is 0 Å². The molecule has 0 aliphatic carbocycles. The SMILES string of the molecule is O=IC(Cl)(C(=O)Cl)c1ccccc1Cl. The largest absolute Gasteiger partial charge is 0.278 e. The Kier molecular flexibility index (Phi) is 4.30. The smallest absolute Gasteiger partial charge is 0.260 e. The van der Waals surface area contributed by atoms with Crippen LogP contribution >= 0.6 is 56.0 Å². The maximum absolute atomic E-state index is 11.1. The average Bonchev–Trinajstić information content (AvgIpc) is 2.17. The third-order valence-electron chi connectivity index (χ3n) is 1.57. The van der Waals surface area contributed by atoms with E-state index in [1.165, 1.54) is 6.07 Å². The molecule has 1 rings (SSSR count). The molecule has 0 fully saturated rings. The number of hydrogen-bond donors (Lipinski definition) is 0. The highest BCUT2D eigenvalue weighted by atomic mass is 127. The lowest BCUT2D eigenvalue weighted by Crippen LogP contribution is -2.18. The molecule has 0 heterocycles. The molecule has 0 bridgehead atoms. The van der Waals surface area contributed by atoms with Gasteiger partial charge in [-0.25, -0.2) is 0 Å². The minimum atomic E-state index is -1.83. The van der Waals surface area contributed by atoms with Crippen LogP contribution in [0.3, 0.4) is 0 Å². The summed E-state index contributed by atoms with van der Waals surface area (Å²) in [6.07, 6.45) is 0. The second-order valence-corrected chi connectivity index (χ2v) is 6.42. The molecule has 0 N–H and O–H groups in total. The summed E-state index contributed by atoms with van der Waals surface area (Å²) in [5.74, 6) is 0. The van der Waals surface area contributed by atoms with Crippen molar-refractivity contribution in [3.05, 3.63) is 34.9 Å². The first kappa shape index (κ1) is 12.4. The van der Waals surface area contributed by atoms with Crippen LogP contribution in [0.25, 0.3) is 0 Å². The Morgan fingerprint density at radius 3 is 2.36 bits per heavy atom. The van der Waals surface area contributed by atoms with Gasteiger partial charge in [-0.3, -0.25) is 7.86 Å². The molecule has 6 heteroatoms. The lowest BCUT2D eigenvalue weighted by molar-refractivity contribution is -0.111. The van der Waals surface area contributed by atoms with Crippen LogP contribution in [0, 0.1) is 0 Å². The van der Waals surface area contributed by atoms with Crippen molar-refractivity contribution < 1.29 is 7.86 Å². The predicted octanol–water partition coefficient (Wildman–Crippen LogP) is 3.81. The van der Waals surface area contributed by atoms with E-state index in [2.05, 4.69) is 0 Å². The minimum Gasteiger partial charge on any atom is -0.278 e. The summed E-state index contributed by atoms with van der Waals surface area (Å²) in [6, 6.07) is 6.43. The van der Waals surface area contributed by atoms with E-state index in [0.29, 0.717) is 5.56 Å². The summed E-state index contributed by atoms with van der Waals surface area (Å²) in [6.45, 7) is 0. The van der Waals surface area contributed by atoms with Gasteiger partial charge in [0, 0.05) is 10.6 Å². The summed E-state index contributed by atoms with van der Waals surface area (Å²) < 4.78 is 9.31. The zero-order chi connectivity index (χ0) is 10.8. The minimum absolute atomic E-state index is 0.284. The van der Waals surface area contributed by atoms with Gasteiger partial charge < -0.3 is 0 Å². The first-order valence-electron chi connectivity index (χ1n) is 3.44. The van der Waals surface area contributed by atoms with Crippen molar-refractivity contribution in [2.45, 2.75) is 2.88 Å². The number of carbonyl (C=O) groups excluding carboxylic acids is 1. The van der Waals surface area contributed by atoms with Crippen molar-refractivity contribution in [2.24, 2.45) is 0 Å². The van der Waals surface area contributed by atoms with Gasteiger partial charge in [0.05, 0.1) is 0 Å². The van der Waals surface area contributed by atoms with Gasteiger partial charge in [-0.1, -0.05) is 41.4 Å². The normalized spacial score (nSPS) is 14.8. The highest BCUT2D eigenvalue weighted by Crippen LogP contribution is 2.44. The zero-order valence-corrected chi connectivity index (χ0v) is 11.1. The van der Waals surface area contributed by atoms with E-state index in [1.54, 1.807) is 18.2 Å². The van der Waals surface area contributed by atoms with E-state index in [-0.39, 0.29) is 5.02 Å². The molecule has 0 aliphatic heterocycles. The van der Waals surface area contributed by atoms with Crippen molar-refractivity contribution in [2.75, 3.05) is 0 Å². The third-order valence-corrected chi connectivity index (χ3v) is 5.04. The van der Waals surface area contributed by atoms with Crippen molar-refractivity contribution >= 4 is 61.2 Å². The monoisotopic (exact) mass is 364 g/mol. The van der Waals surface area contributed by atoms with Crippen LogP contribution < -0.4 is 0 Å². The molecule has 0 aromatic heterocycles. The summed E-state index contributed by atoms with van der Waals surface area (Å²) in [5.41, 5.74) is 0.297. The van der Waals surface area contributed by atoms with Crippen LogP contribution in [-0.2, 0) is 10.7 Å². The number of hydrogen-bond acceptors (Lipinski definition) is 2. The molecule has 0 amide bonds. The van der Waals surface area contributed by atoms with Crippen molar-refractivity contribution in [3.63, 3.8) is 0 Å². The van der Waals surface area contributed by atoms with Crippen molar-refractivity contribution in [1.82, 2.24) is 0 Å². The van der Waals surface area contributed by atoms with Crippen molar-refractivity contribution in [1.29, 1.82) is 0 Å². The van der Waals surface area contributed by atoms with Crippen LogP contribution in [0.15, 0.2) is 24.3 Å². The van der Waals surface area contributed by atoms with Gasteiger partial charge in [-0.05, 0) is 17.7 Å². The summed E-state index contributed by atoms with van der Waals surface area (Å²) >= 11 is 15.1. The Balaban J connectivity index is 3.33. The molecule has 0 saturated carbocycles. The molecule has 0 saturated heterocycles. The Bertz CT molecular complexity index is 383. The summed E-state index contributed by atoms with van der Waals surface area (Å²) in [5, 5.41) is -0.581. The molecule has 1 atom stereocenters. The van der Waals surface area contributed by atoms with Gasteiger partial charge in [-0.2, -0.15) is 0 Å². The maximum atomic E-state index is 11.1. The van der Waals surface area contributed by atoms with E-state index < -0.39 is 29.3 Å². The van der Waals surface area contributed by atoms with Crippen LogP contribution in [0.4, 0.5) is 0 Å². The Morgan fingerprint density at radius 2 is 1.93 bits per heavy atom. The van der Waals surface area contributed by atoms with Gasteiger partial charge in [-0.15, -0.1) is 0 Å². The molecule has 1 unspecified atom stereocenters. The zero-order valence-electron chi connectivity index (χ0n) is 6.64. The number of alkyl halides is 2. The molecular formula is C8H4Cl3IO2. The average molecular weight is 365 g/mol. The van der Waals surface area contributed by atoms with Gasteiger partial charge in [0.1, 0.15) is 0 Å². The van der Waals surface area contributed by atoms with E-state index in [0.717, 1.165) is 0 Å². The van der Waals surface area contributed by atoms with E-state index in [4.69, 9.17) is 34.8 Å². The van der Waals surface area contributed by atoms with Crippen LogP contribution in [0.1, 0.15) is 5.56 Å². The molecule has 0 spiro atoms. The summed E-state index contributed by atoms with van der Waals surface area (Å²) in [7, 11) is 0. The fourth-order valence-corrected chi connectivity index (χ4v) is 2.72. The first-order valence-corrected chi connectivity index (χ1v) is 6.54. The van der Waals surface area contributed by atoms with Crippen LogP contribution in [-0.4, -0.2) is 5.24 Å². The third kappa shape index (κ3) is 2.27. The highest BCUT2D eigenvalue weighted by Gasteiger charge is 2.39. The lowest BCUT2D eigenvalue weighted by atomic mass is 10.1. The standard InChI is InChI=1S/C8H4Cl3IO2/c9-6-4-2-1-3-5(6)8(11,12-14)7(10)13/h1-4H. The van der Waals surface area contributed by atoms with Crippen LogP contribution in [0.2, 0.25) is 5.02 Å². The van der Waals surface area contributed by atoms with E-state index >= 15 is 0 Å². The fourth-order valence-electron chi connectivity index (χ4n) is 0.894. The Morgan fingerprint density at radius 1 is 1.36 bits per heavy atom. The Labute approximate surface area is 106 Å². The molecule has 1 aromatic carbocycles. The predicted molar refractivity (Wildman–Crippen MR) is 64.5 cm³/mol. The first-order chi connectivity index (χ1) is 6.52. The topological polar surface area (TPSA) is 34.1 Å².